The molecule has 5 nitrogen and oxygen atoms in total. The van der Waals surface area contributed by atoms with Gasteiger partial charge in [-0.05, 0) is 30.9 Å². The minimum Gasteiger partial charge on any atom is -0.469 e. The number of nitrogens with one attached hydrogen (secondary N) is 2. The molecule has 0 spiro atoms. The smallest absolute Gasteiger partial charge is 0.306 e. The summed E-state index contributed by atoms with van der Waals surface area (Å²) in [6.07, 6.45) is 6.98. The van der Waals surface area contributed by atoms with E-state index in [-0.39, 0.29) is 30.6 Å². The zero-order valence-corrected chi connectivity index (χ0v) is 14.2. The molecule has 0 radical (unpaired) electrons. The van der Waals surface area contributed by atoms with Crippen molar-refractivity contribution < 1.29 is 14.3 Å². The highest BCUT2D eigenvalue weighted by Gasteiger charge is 2.15. The van der Waals surface area contributed by atoms with Crippen molar-refractivity contribution in [1.82, 2.24) is 10.3 Å². The lowest BCUT2D eigenvalue weighted by molar-refractivity contribution is -0.141. The second-order valence-electron chi connectivity index (χ2n) is 5.73. The van der Waals surface area contributed by atoms with Crippen LogP contribution in [0.2, 0.25) is 0 Å². The molecule has 2 rings (SSSR count). The van der Waals surface area contributed by atoms with Gasteiger partial charge in [0.15, 0.2) is 0 Å². The summed E-state index contributed by atoms with van der Waals surface area (Å²) in [5, 5.41) is 4.11. The summed E-state index contributed by atoms with van der Waals surface area (Å²) < 4.78 is 4.67. The quantitative estimate of drug-likeness (QED) is 0.578. The van der Waals surface area contributed by atoms with Crippen molar-refractivity contribution in [2.45, 2.75) is 26.2 Å². The average molecular weight is 328 g/mol. The number of aromatic nitrogens is 1. The molecule has 1 aromatic carbocycles. The van der Waals surface area contributed by atoms with Crippen molar-refractivity contribution in [3.05, 3.63) is 48.2 Å². The number of para-hydroxylation sites is 1. The van der Waals surface area contributed by atoms with Crippen LogP contribution in [0.5, 0.6) is 0 Å². The Morgan fingerprint density at radius 2 is 2.08 bits per heavy atom. The summed E-state index contributed by atoms with van der Waals surface area (Å²) in [6.45, 7) is 2.45. The Kier molecular flexibility index (Phi) is 6.61. The average Bonchev–Trinajstić information content (AvgIpc) is 2.98. The van der Waals surface area contributed by atoms with Crippen molar-refractivity contribution in [3.63, 3.8) is 0 Å². The van der Waals surface area contributed by atoms with Crippen LogP contribution in [0.25, 0.3) is 10.9 Å². The van der Waals surface area contributed by atoms with E-state index in [4.69, 9.17) is 0 Å². The number of aromatic amines is 1. The molecule has 0 fully saturated rings. The first-order chi connectivity index (χ1) is 11.6. The maximum atomic E-state index is 12.1. The minimum atomic E-state index is -0.301. The number of methoxy groups -OCH3 is 1. The minimum absolute atomic E-state index is 0.0538. The summed E-state index contributed by atoms with van der Waals surface area (Å²) in [6, 6.07) is 8.10. The molecule has 2 N–H and O–H groups in total. The van der Waals surface area contributed by atoms with Gasteiger partial charge in [-0.2, -0.15) is 0 Å². The van der Waals surface area contributed by atoms with E-state index in [2.05, 4.69) is 21.1 Å². The predicted molar refractivity (Wildman–Crippen MR) is 94.6 cm³/mol. The second kappa shape index (κ2) is 8.91. The van der Waals surface area contributed by atoms with Gasteiger partial charge in [-0.1, -0.05) is 30.4 Å². The number of amides is 1. The van der Waals surface area contributed by atoms with Crippen molar-refractivity contribution in [3.8, 4) is 0 Å². The maximum absolute atomic E-state index is 12.1. The molecule has 1 amide bonds. The molecule has 1 unspecified atom stereocenters. The zero-order chi connectivity index (χ0) is 17.4. The first-order valence-electron chi connectivity index (χ1n) is 8.15. The van der Waals surface area contributed by atoms with E-state index in [9.17, 15) is 9.59 Å². The maximum Gasteiger partial charge on any atom is 0.306 e. The molecule has 1 atom stereocenters. The first kappa shape index (κ1) is 17.8. The summed E-state index contributed by atoms with van der Waals surface area (Å²) in [5.41, 5.74) is 2.29. The fourth-order valence-electron chi connectivity index (χ4n) is 2.76. The summed E-state index contributed by atoms with van der Waals surface area (Å²) in [7, 11) is 1.36. The largest absolute Gasteiger partial charge is 0.469 e. The van der Waals surface area contributed by atoms with Crippen molar-refractivity contribution in [2.75, 3.05) is 13.7 Å². The van der Waals surface area contributed by atoms with Gasteiger partial charge in [-0.25, -0.2) is 0 Å². The van der Waals surface area contributed by atoms with Crippen molar-refractivity contribution in [2.24, 2.45) is 5.92 Å². The summed E-state index contributed by atoms with van der Waals surface area (Å²) in [4.78, 5) is 26.7. The van der Waals surface area contributed by atoms with Crippen LogP contribution in [0.4, 0.5) is 0 Å². The zero-order valence-electron chi connectivity index (χ0n) is 14.2. The molecule has 0 bridgehead atoms. The molecule has 0 aliphatic carbocycles. The number of carbonyl (C=O) groups is 2. The number of benzene rings is 1. The second-order valence-corrected chi connectivity index (χ2v) is 5.73. The number of rotatable bonds is 8. The van der Waals surface area contributed by atoms with E-state index in [1.54, 1.807) is 0 Å². The van der Waals surface area contributed by atoms with Gasteiger partial charge >= 0.3 is 5.97 Å². The monoisotopic (exact) mass is 328 g/mol. The molecule has 1 aromatic heterocycles. The molecular weight excluding hydrogens is 304 g/mol. The van der Waals surface area contributed by atoms with E-state index in [1.807, 2.05) is 43.5 Å². The molecule has 0 saturated carbocycles. The van der Waals surface area contributed by atoms with E-state index >= 15 is 0 Å². The Morgan fingerprint density at radius 1 is 1.29 bits per heavy atom. The molecule has 2 aromatic rings. The Balaban J connectivity index is 1.82. The molecule has 24 heavy (non-hydrogen) atoms. The highest BCUT2D eigenvalue weighted by molar-refractivity contribution is 5.83. The number of carbonyl (C=O) groups excluding carboxylic acids is 2. The molecule has 0 saturated heterocycles. The van der Waals surface area contributed by atoms with Crippen molar-refractivity contribution >= 4 is 22.8 Å². The highest BCUT2D eigenvalue weighted by atomic mass is 16.5. The standard InChI is InChI=1S/C19H24N2O3/c1-3-6-14(12-19(23)24-2)11-18(22)20-10-9-15-13-21-17-8-5-4-7-16(15)17/h3-8,13-14,21H,9-12H2,1-2H3,(H,20,22)/b6-3-. The van der Waals surface area contributed by atoms with Gasteiger partial charge in [0.2, 0.25) is 5.91 Å². The Morgan fingerprint density at radius 3 is 2.83 bits per heavy atom. The van der Waals surface area contributed by atoms with Crippen molar-refractivity contribution in [1.29, 1.82) is 0 Å². The Labute approximate surface area is 142 Å². The van der Waals surface area contributed by atoms with E-state index in [0.717, 1.165) is 11.9 Å². The fourth-order valence-corrected chi connectivity index (χ4v) is 2.76. The predicted octanol–water partition coefficient (Wildman–Crippen LogP) is 2.97. The SMILES string of the molecule is C/C=C\C(CC(=O)NCCc1c[nH]c2ccccc12)CC(=O)OC. The number of allylic oxidation sites excluding steroid dienone is 2. The van der Waals surface area contributed by atoms with Gasteiger partial charge in [-0.15, -0.1) is 0 Å². The summed E-state index contributed by atoms with van der Waals surface area (Å²) in [5.74, 6) is -0.484. The lowest BCUT2D eigenvalue weighted by Crippen LogP contribution is -2.28. The van der Waals surface area contributed by atoms with Gasteiger partial charge in [0, 0.05) is 30.1 Å². The van der Waals surface area contributed by atoms with Crippen LogP contribution >= 0.6 is 0 Å². The third-order valence-corrected chi connectivity index (χ3v) is 3.96. The number of hydrogen-bond donors (Lipinski definition) is 2. The van der Waals surface area contributed by atoms with Gasteiger partial charge in [0.05, 0.1) is 13.5 Å². The molecule has 128 valence electrons. The third-order valence-electron chi connectivity index (χ3n) is 3.96. The number of hydrogen-bond acceptors (Lipinski definition) is 3. The van der Waals surface area contributed by atoms with Gasteiger partial charge in [0.1, 0.15) is 0 Å². The van der Waals surface area contributed by atoms with Gasteiger partial charge < -0.3 is 15.0 Å². The number of H-pyrrole nitrogens is 1. The fraction of sp³-hybridized carbons (Fsp3) is 0.368. The summed E-state index contributed by atoms with van der Waals surface area (Å²) >= 11 is 0. The van der Waals surface area contributed by atoms with Crippen LogP contribution in [0.15, 0.2) is 42.6 Å². The lowest BCUT2D eigenvalue weighted by atomic mass is 10.0. The Hall–Kier alpha value is -2.56. The number of esters is 1. The van der Waals surface area contributed by atoms with Gasteiger partial charge in [-0.3, -0.25) is 9.59 Å². The normalized spacial score (nSPS) is 12.4. The van der Waals surface area contributed by atoms with Crippen LogP contribution in [-0.4, -0.2) is 30.5 Å². The molecule has 5 heteroatoms. The molecule has 0 aliphatic heterocycles. The lowest BCUT2D eigenvalue weighted by Gasteiger charge is -2.11. The third kappa shape index (κ3) is 4.98. The Bertz CT molecular complexity index is 718. The van der Waals surface area contributed by atoms with E-state index < -0.39 is 0 Å². The van der Waals surface area contributed by atoms with E-state index in [1.165, 1.54) is 18.1 Å². The topological polar surface area (TPSA) is 71.2 Å². The molecule has 0 aliphatic rings. The number of ether oxygens (including phenoxy) is 1. The number of fused-ring (bicyclic) bond motifs is 1. The molecule has 1 heterocycles. The van der Waals surface area contributed by atoms with Crippen LogP contribution in [0.1, 0.15) is 25.3 Å². The first-order valence-corrected chi connectivity index (χ1v) is 8.15. The van der Waals surface area contributed by atoms with Crippen LogP contribution in [0, 0.1) is 5.92 Å². The van der Waals surface area contributed by atoms with Gasteiger partial charge in [0.25, 0.3) is 0 Å². The van der Waals surface area contributed by atoms with Crippen LogP contribution < -0.4 is 5.32 Å². The molecular formula is C19H24N2O3. The highest BCUT2D eigenvalue weighted by Crippen LogP contribution is 2.17. The van der Waals surface area contributed by atoms with Crippen LogP contribution in [-0.2, 0) is 20.7 Å². The van der Waals surface area contributed by atoms with E-state index in [0.29, 0.717) is 6.54 Å². The van der Waals surface area contributed by atoms with Crippen LogP contribution in [0.3, 0.4) is 0 Å².